The first kappa shape index (κ1) is 14.6. The quantitative estimate of drug-likeness (QED) is 0.584. The third-order valence-corrected chi connectivity index (χ3v) is 1.81. The van der Waals surface area contributed by atoms with Crippen LogP contribution in [-0.4, -0.2) is 17.7 Å². The van der Waals surface area contributed by atoms with Crippen LogP contribution in [0.3, 0.4) is 0 Å². The van der Waals surface area contributed by atoms with E-state index in [2.05, 4.69) is 9.73 Å². The van der Waals surface area contributed by atoms with E-state index in [1.165, 1.54) is 0 Å². The molecular formula is C9H4ClF6NO. The van der Waals surface area contributed by atoms with Crippen LogP contribution in [0.5, 0.6) is 5.75 Å². The fraction of sp³-hybridized carbons (Fsp3) is 0.222. The number of nitrogens with zero attached hydrogens (tertiary/aromatic N) is 1. The van der Waals surface area contributed by atoms with Crippen molar-refractivity contribution < 1.29 is 31.1 Å². The largest absolute Gasteiger partial charge is 0.573 e. The second-order valence-electron chi connectivity index (χ2n) is 2.95. The number of ether oxygens (including phenoxy) is 1. The van der Waals surface area contributed by atoms with Crippen molar-refractivity contribution in [2.24, 2.45) is 4.99 Å². The Bertz CT molecular complexity index is 453. The highest BCUT2D eigenvalue weighted by Crippen LogP contribution is 2.28. The van der Waals surface area contributed by atoms with Crippen molar-refractivity contribution in [1.29, 1.82) is 0 Å². The molecule has 0 aliphatic carbocycles. The topological polar surface area (TPSA) is 21.6 Å². The number of benzene rings is 1. The summed E-state index contributed by atoms with van der Waals surface area (Å²) in [6.45, 7) is 0. The molecule has 1 rings (SSSR count). The standard InChI is InChI=1S/C9H4ClF6NO/c10-7(8(11,12)13)17-5-2-1-3-6(4-5)18-9(14,15)16/h1-4H. The molecule has 0 aliphatic rings. The van der Waals surface area contributed by atoms with E-state index >= 15 is 0 Å². The lowest BCUT2D eigenvalue weighted by atomic mass is 10.3. The van der Waals surface area contributed by atoms with Crippen LogP contribution in [0.2, 0.25) is 0 Å². The zero-order valence-electron chi connectivity index (χ0n) is 8.31. The van der Waals surface area contributed by atoms with Gasteiger partial charge in [-0.05, 0) is 12.1 Å². The van der Waals surface area contributed by atoms with Crippen molar-refractivity contribution in [3.8, 4) is 5.75 Å². The average molecular weight is 292 g/mol. The molecule has 0 saturated carbocycles. The summed E-state index contributed by atoms with van der Waals surface area (Å²) >= 11 is 4.84. The van der Waals surface area contributed by atoms with E-state index in [0.29, 0.717) is 6.07 Å². The Kier molecular flexibility index (Phi) is 4.10. The molecule has 2 nitrogen and oxygen atoms in total. The van der Waals surface area contributed by atoms with E-state index in [1.807, 2.05) is 0 Å². The molecule has 0 amide bonds. The number of hydrogen-bond acceptors (Lipinski definition) is 2. The third kappa shape index (κ3) is 4.82. The highest BCUT2D eigenvalue weighted by Gasteiger charge is 2.34. The lowest BCUT2D eigenvalue weighted by Gasteiger charge is -2.09. The van der Waals surface area contributed by atoms with Crippen molar-refractivity contribution in [1.82, 2.24) is 0 Å². The molecule has 18 heavy (non-hydrogen) atoms. The molecule has 0 atom stereocenters. The van der Waals surface area contributed by atoms with Crippen LogP contribution in [0.25, 0.3) is 0 Å². The Hall–Kier alpha value is -1.44. The van der Waals surface area contributed by atoms with Crippen molar-refractivity contribution in [3.05, 3.63) is 24.3 Å². The summed E-state index contributed by atoms with van der Waals surface area (Å²) in [6.07, 6.45) is -9.79. The van der Waals surface area contributed by atoms with Gasteiger partial charge >= 0.3 is 12.5 Å². The second kappa shape index (κ2) is 5.05. The normalized spacial score (nSPS) is 13.6. The van der Waals surface area contributed by atoms with Gasteiger partial charge in [0, 0.05) is 6.07 Å². The fourth-order valence-corrected chi connectivity index (χ4v) is 1.02. The number of alkyl halides is 6. The summed E-state index contributed by atoms with van der Waals surface area (Å²) in [7, 11) is 0. The van der Waals surface area contributed by atoms with Crippen LogP contribution in [0, 0.1) is 0 Å². The summed E-state index contributed by atoms with van der Waals surface area (Å²) in [5.41, 5.74) is -0.404. The maximum absolute atomic E-state index is 12.0. The Morgan fingerprint density at radius 2 is 1.72 bits per heavy atom. The van der Waals surface area contributed by atoms with Gasteiger partial charge in [0.05, 0.1) is 5.69 Å². The van der Waals surface area contributed by atoms with Crippen LogP contribution in [-0.2, 0) is 0 Å². The molecule has 100 valence electrons. The summed E-state index contributed by atoms with van der Waals surface area (Å²) in [5.74, 6) is -0.685. The van der Waals surface area contributed by atoms with E-state index in [0.717, 1.165) is 18.2 Å². The van der Waals surface area contributed by atoms with Crippen LogP contribution in [0.15, 0.2) is 29.3 Å². The molecule has 0 bridgehead atoms. The average Bonchev–Trinajstić information content (AvgIpc) is 2.13. The molecule has 9 heteroatoms. The first-order valence-corrected chi connectivity index (χ1v) is 4.63. The van der Waals surface area contributed by atoms with Gasteiger partial charge in [0.2, 0.25) is 5.17 Å². The zero-order valence-corrected chi connectivity index (χ0v) is 9.07. The highest BCUT2D eigenvalue weighted by atomic mass is 35.5. The molecule has 0 aromatic heterocycles. The van der Waals surface area contributed by atoms with Crippen LogP contribution in [0.4, 0.5) is 32.0 Å². The van der Waals surface area contributed by atoms with E-state index < -0.39 is 29.1 Å². The van der Waals surface area contributed by atoms with E-state index in [-0.39, 0.29) is 0 Å². The first-order chi connectivity index (χ1) is 8.08. The van der Waals surface area contributed by atoms with Crippen LogP contribution < -0.4 is 4.74 Å². The van der Waals surface area contributed by atoms with Gasteiger partial charge < -0.3 is 4.74 Å². The summed E-state index contributed by atoms with van der Waals surface area (Å²) in [6, 6.07) is 3.72. The molecule has 0 heterocycles. The monoisotopic (exact) mass is 291 g/mol. The van der Waals surface area contributed by atoms with Gasteiger partial charge in [0.1, 0.15) is 5.75 Å². The second-order valence-corrected chi connectivity index (χ2v) is 3.30. The maximum Gasteiger partial charge on any atom is 0.573 e. The van der Waals surface area contributed by atoms with Crippen molar-refractivity contribution in [3.63, 3.8) is 0 Å². The van der Waals surface area contributed by atoms with Crippen molar-refractivity contribution in [2.75, 3.05) is 0 Å². The zero-order chi connectivity index (χ0) is 14.0. The molecular weight excluding hydrogens is 288 g/mol. The van der Waals surface area contributed by atoms with E-state index in [4.69, 9.17) is 11.6 Å². The minimum atomic E-state index is -4.93. The molecule has 1 aromatic rings. The van der Waals surface area contributed by atoms with Crippen molar-refractivity contribution in [2.45, 2.75) is 12.5 Å². The summed E-state index contributed by atoms with van der Waals surface area (Å²) < 4.78 is 75.2. The van der Waals surface area contributed by atoms with Gasteiger partial charge in [-0.15, -0.1) is 13.2 Å². The number of rotatable bonds is 2. The van der Waals surface area contributed by atoms with E-state index in [1.54, 1.807) is 0 Å². The van der Waals surface area contributed by atoms with Gasteiger partial charge in [0.15, 0.2) is 0 Å². The SMILES string of the molecule is FC(F)(F)Oc1cccc(N=C(Cl)C(F)(F)F)c1. The lowest BCUT2D eigenvalue weighted by Crippen LogP contribution is -2.17. The first-order valence-electron chi connectivity index (χ1n) is 4.25. The minimum absolute atomic E-state index is 0.404. The van der Waals surface area contributed by atoms with Crippen molar-refractivity contribution >= 4 is 22.5 Å². The fourth-order valence-electron chi connectivity index (χ4n) is 0.927. The molecule has 0 fully saturated rings. The van der Waals surface area contributed by atoms with Gasteiger partial charge in [-0.2, -0.15) is 13.2 Å². The molecule has 0 aliphatic heterocycles. The van der Waals surface area contributed by atoms with Gasteiger partial charge in [-0.1, -0.05) is 17.7 Å². The third-order valence-electron chi connectivity index (χ3n) is 1.51. The number of aliphatic imine (C=N–C) groups is 1. The Morgan fingerprint density at radius 1 is 1.11 bits per heavy atom. The van der Waals surface area contributed by atoms with Gasteiger partial charge in [-0.3, -0.25) is 0 Å². The predicted octanol–water partition coefficient (Wildman–Crippen LogP) is 4.42. The predicted molar refractivity (Wildman–Crippen MR) is 52.1 cm³/mol. The molecule has 0 radical (unpaired) electrons. The Labute approximate surface area is 102 Å². The van der Waals surface area contributed by atoms with Gasteiger partial charge in [-0.25, -0.2) is 4.99 Å². The molecule has 0 saturated heterocycles. The minimum Gasteiger partial charge on any atom is -0.406 e. The highest BCUT2D eigenvalue weighted by molar-refractivity contribution is 6.67. The van der Waals surface area contributed by atoms with Crippen LogP contribution >= 0.6 is 11.6 Å². The Balaban J connectivity index is 2.96. The smallest absolute Gasteiger partial charge is 0.406 e. The lowest BCUT2D eigenvalue weighted by molar-refractivity contribution is -0.274. The summed E-state index contributed by atoms with van der Waals surface area (Å²) in [4.78, 5) is 2.93. The van der Waals surface area contributed by atoms with Gasteiger partial charge in [0.25, 0.3) is 0 Å². The number of hydrogen-bond donors (Lipinski definition) is 0. The Morgan fingerprint density at radius 3 is 2.22 bits per heavy atom. The molecule has 0 N–H and O–H groups in total. The molecule has 1 aromatic carbocycles. The molecule has 0 spiro atoms. The number of halogens is 7. The molecule has 0 unspecified atom stereocenters. The maximum atomic E-state index is 12.0. The van der Waals surface area contributed by atoms with Crippen LogP contribution in [0.1, 0.15) is 0 Å². The summed E-state index contributed by atoms with van der Waals surface area (Å²) in [5, 5.41) is -1.69. The van der Waals surface area contributed by atoms with E-state index in [9.17, 15) is 26.3 Å².